The Kier molecular flexibility index (Phi) is 14.7. The molecule has 4 aromatic rings. The Morgan fingerprint density at radius 1 is 0.188 bits per heavy atom. The fraction of sp³-hybridized carbons (Fsp3) is 0.0769. The number of benzene rings is 4. The molecular formula is C26Cl22. The van der Waals surface area contributed by atoms with E-state index in [9.17, 15) is 0 Å². The number of hydrogen-bond acceptors (Lipinski definition) is 0. The van der Waals surface area contributed by atoms with Crippen molar-refractivity contribution < 1.29 is 0 Å². The molecule has 0 amide bonds. The molecule has 4 aromatic carbocycles. The van der Waals surface area contributed by atoms with Crippen molar-refractivity contribution in [3.8, 4) is 0 Å². The highest BCUT2D eigenvalue weighted by Gasteiger charge is 2.63. The lowest BCUT2D eigenvalue weighted by Gasteiger charge is -2.48. The smallest absolute Gasteiger partial charge is 0.0944 e. The highest BCUT2D eigenvalue weighted by atomic mass is 35.5. The molecule has 0 aliphatic heterocycles. The molecule has 0 bridgehead atoms. The van der Waals surface area contributed by atoms with Gasteiger partial charge in [-0.2, -0.15) is 0 Å². The molecule has 0 saturated carbocycles. The second-order valence-electron chi connectivity index (χ2n) is 9.10. The predicted molar refractivity (Wildman–Crippen MR) is 219 cm³/mol. The van der Waals surface area contributed by atoms with E-state index < -0.39 is 102 Å². The summed E-state index contributed by atoms with van der Waals surface area (Å²) in [6, 6.07) is 0. The molecule has 0 N–H and O–H groups in total. The maximum atomic E-state index is 7.59. The first-order chi connectivity index (χ1) is 22.0. The minimum Gasteiger partial charge on any atom is -0.0944 e. The fourth-order valence-corrected chi connectivity index (χ4v) is 11.5. The van der Waals surface area contributed by atoms with Gasteiger partial charge in [0.15, 0.2) is 4.33 Å². The van der Waals surface area contributed by atoms with E-state index in [1.807, 2.05) is 0 Å². The van der Waals surface area contributed by atoms with Crippen LogP contribution >= 0.6 is 255 Å². The molecule has 0 nitrogen and oxygen atoms in total. The van der Waals surface area contributed by atoms with Crippen molar-refractivity contribution in [1.82, 2.24) is 0 Å². The molecule has 22 heteroatoms. The lowest BCUT2D eigenvalue weighted by atomic mass is 9.64. The van der Waals surface area contributed by atoms with E-state index in [0.29, 0.717) is 0 Å². The number of halogens is 22. The summed E-state index contributed by atoms with van der Waals surface area (Å²) < 4.78 is -2.88. The van der Waals surface area contributed by atoms with E-state index in [0.717, 1.165) is 0 Å². The van der Waals surface area contributed by atoms with Crippen molar-refractivity contribution in [3.05, 3.63) is 123 Å². The fourth-order valence-electron chi connectivity index (χ4n) is 4.72. The average Bonchev–Trinajstić information content (AvgIpc) is 3.04. The minimum atomic E-state index is -2.88. The van der Waals surface area contributed by atoms with Crippen molar-refractivity contribution in [2.24, 2.45) is 0 Å². The second kappa shape index (κ2) is 16.0. The molecule has 0 unspecified atom stereocenters. The third-order valence-corrected chi connectivity index (χ3v) is 16.8. The first-order valence-electron chi connectivity index (χ1n) is 11.4. The zero-order valence-electron chi connectivity index (χ0n) is 21.3. The van der Waals surface area contributed by atoms with Gasteiger partial charge in [0.05, 0.1) is 106 Å². The van der Waals surface area contributed by atoms with Gasteiger partial charge in [-0.25, -0.2) is 0 Å². The van der Waals surface area contributed by atoms with Crippen LogP contribution in [0.25, 0.3) is 0 Å². The first-order valence-corrected chi connectivity index (χ1v) is 19.7. The Hall–Kier alpha value is 3.26. The summed E-state index contributed by atoms with van der Waals surface area (Å²) in [4.78, 5) is 0. The van der Waals surface area contributed by atoms with Crippen LogP contribution in [0.3, 0.4) is 0 Å². The van der Waals surface area contributed by atoms with E-state index in [1.165, 1.54) is 0 Å². The van der Waals surface area contributed by atoms with Crippen molar-refractivity contribution in [3.63, 3.8) is 0 Å². The Morgan fingerprint density at radius 3 is 0.479 bits per heavy atom. The molecule has 0 aromatic heterocycles. The molecule has 0 atom stereocenters. The largest absolute Gasteiger partial charge is 0.164 e. The molecule has 0 heterocycles. The van der Waals surface area contributed by atoms with Gasteiger partial charge >= 0.3 is 0 Å². The molecule has 0 saturated heterocycles. The molecule has 0 aliphatic rings. The quantitative estimate of drug-likeness (QED) is 0.0809. The van der Waals surface area contributed by atoms with E-state index in [1.54, 1.807) is 0 Å². The Bertz CT molecular complexity index is 1780. The van der Waals surface area contributed by atoms with Crippen LogP contribution in [0.15, 0.2) is 0 Å². The van der Waals surface area contributed by atoms with Crippen LogP contribution < -0.4 is 0 Å². The van der Waals surface area contributed by atoms with Crippen molar-refractivity contribution >= 4 is 255 Å². The normalized spacial score (nSPS) is 12.4. The second-order valence-corrected chi connectivity index (χ2v) is 18.0. The third-order valence-electron chi connectivity index (χ3n) is 6.75. The van der Waals surface area contributed by atoms with Gasteiger partial charge < -0.3 is 0 Å². The van der Waals surface area contributed by atoms with Crippen LogP contribution in [-0.2, 0) is 9.75 Å². The van der Waals surface area contributed by atoms with Crippen LogP contribution in [0.5, 0.6) is 0 Å². The molecule has 48 heavy (non-hydrogen) atoms. The van der Waals surface area contributed by atoms with Crippen molar-refractivity contribution in [2.45, 2.75) is 9.75 Å². The molecule has 0 radical (unpaired) electrons. The predicted octanol–water partition coefficient (Wildman–Crippen LogP) is 20.4. The molecule has 0 fully saturated rings. The van der Waals surface area contributed by atoms with Crippen LogP contribution in [0, 0.1) is 0 Å². The van der Waals surface area contributed by atoms with Crippen LogP contribution in [0.1, 0.15) is 22.3 Å². The summed E-state index contributed by atoms with van der Waals surface area (Å²) in [5, 5.41) is -8.34. The van der Waals surface area contributed by atoms with Gasteiger partial charge in [-0.1, -0.05) is 255 Å². The maximum Gasteiger partial charge on any atom is 0.164 e. The van der Waals surface area contributed by atoms with E-state index in [4.69, 9.17) is 255 Å². The average molecular weight is 1090 g/mol. The third kappa shape index (κ3) is 6.56. The lowest BCUT2D eigenvalue weighted by molar-refractivity contribution is 0.546. The van der Waals surface area contributed by atoms with E-state index in [2.05, 4.69) is 0 Å². The summed E-state index contributed by atoms with van der Waals surface area (Å²) in [6.45, 7) is 0. The summed E-state index contributed by atoms with van der Waals surface area (Å²) in [7, 11) is 0. The van der Waals surface area contributed by atoms with Gasteiger partial charge in [0, 0.05) is 22.3 Å². The zero-order valence-corrected chi connectivity index (χ0v) is 37.9. The molecule has 0 aliphatic carbocycles. The molecule has 0 spiro atoms. The van der Waals surface area contributed by atoms with Crippen LogP contribution in [0.2, 0.25) is 100 Å². The first kappa shape index (κ1) is 44.0. The van der Waals surface area contributed by atoms with Gasteiger partial charge in [0.1, 0.15) is 0 Å². The van der Waals surface area contributed by atoms with Gasteiger partial charge in [0.2, 0.25) is 0 Å². The highest BCUT2D eigenvalue weighted by Crippen LogP contribution is 2.71. The standard InChI is InChI=1S/C26Cl22/c27-5-1(6(28)14(36)21(43)13(5)35)25(2-7(29)15(37)22(44)16(38)8(2)30,3-9(31)17(39)23(45)18(40)10(3)32)26(47,48)4-11(33)19(41)24(46)20(42)12(4)34. The van der Waals surface area contributed by atoms with E-state index in [-0.39, 0.29) is 30.1 Å². The number of hydrogen-bond donors (Lipinski definition) is 0. The lowest BCUT2D eigenvalue weighted by Crippen LogP contribution is -2.46. The van der Waals surface area contributed by atoms with Gasteiger partial charge in [-0.05, 0) is 0 Å². The molecular weight excluding hydrogens is 1090 g/mol. The molecule has 258 valence electrons. The van der Waals surface area contributed by atoms with Crippen LogP contribution in [-0.4, -0.2) is 0 Å². The van der Waals surface area contributed by atoms with Crippen molar-refractivity contribution in [2.75, 3.05) is 0 Å². The SMILES string of the molecule is Clc1c(Cl)c(Cl)c(C(Cl)(Cl)C(c2c(Cl)c(Cl)c(Cl)c(Cl)c2Cl)(c2c(Cl)c(Cl)c(Cl)c(Cl)c2Cl)c2c(Cl)c(Cl)c(Cl)c(Cl)c2Cl)c(Cl)c1Cl. The van der Waals surface area contributed by atoms with E-state index >= 15 is 0 Å². The van der Waals surface area contributed by atoms with Gasteiger partial charge in [-0.3, -0.25) is 0 Å². The van der Waals surface area contributed by atoms with Crippen LogP contribution in [0.4, 0.5) is 0 Å². The Balaban J connectivity index is 2.67. The highest BCUT2D eigenvalue weighted by molar-refractivity contribution is 6.62. The van der Waals surface area contributed by atoms with Crippen molar-refractivity contribution in [1.29, 1.82) is 0 Å². The summed E-state index contributed by atoms with van der Waals surface area (Å²) >= 11 is 149. The van der Waals surface area contributed by atoms with Gasteiger partial charge in [0.25, 0.3) is 0 Å². The zero-order chi connectivity index (χ0) is 36.9. The summed E-state index contributed by atoms with van der Waals surface area (Å²) in [6.07, 6.45) is 0. The topological polar surface area (TPSA) is 0 Å². The number of alkyl halides is 2. The van der Waals surface area contributed by atoms with Gasteiger partial charge in [-0.15, -0.1) is 0 Å². The number of rotatable bonds is 5. The minimum absolute atomic E-state index is 0.289. The molecule has 4 rings (SSSR count). The Labute approximate surface area is 382 Å². The Morgan fingerprint density at radius 2 is 0.312 bits per heavy atom. The monoisotopic (exact) mass is 1080 g/mol. The summed E-state index contributed by atoms with van der Waals surface area (Å²) in [5.74, 6) is 0. The maximum absolute atomic E-state index is 7.59. The summed E-state index contributed by atoms with van der Waals surface area (Å²) in [5.41, 5.74) is -4.68.